The lowest BCUT2D eigenvalue weighted by Gasteiger charge is -2.15. The van der Waals surface area contributed by atoms with E-state index in [0.717, 1.165) is 5.56 Å². The van der Waals surface area contributed by atoms with Crippen molar-refractivity contribution in [3.8, 4) is 17.1 Å². The van der Waals surface area contributed by atoms with E-state index >= 15 is 0 Å². The van der Waals surface area contributed by atoms with Crippen LogP contribution in [0.3, 0.4) is 0 Å². The second-order valence-electron chi connectivity index (χ2n) is 5.43. The van der Waals surface area contributed by atoms with E-state index in [9.17, 15) is 4.79 Å². The maximum Gasteiger partial charge on any atom is 0.310 e. The van der Waals surface area contributed by atoms with Gasteiger partial charge in [-0.25, -0.2) is 0 Å². The molecule has 0 spiro atoms. The number of carbonyl (C=O) groups is 1. The maximum atomic E-state index is 11.2. The molecule has 0 N–H and O–H groups in total. The summed E-state index contributed by atoms with van der Waals surface area (Å²) in [5.74, 6) is 0.812. The Kier molecular flexibility index (Phi) is 3.83. The van der Waals surface area contributed by atoms with Gasteiger partial charge < -0.3 is 4.74 Å². The molecule has 2 rings (SSSR count). The summed E-state index contributed by atoms with van der Waals surface area (Å²) in [4.78, 5) is 12.8. The number of aromatic nitrogens is 4. The number of carbonyl (C=O) groups excluding carboxylic acids is 1. The second kappa shape index (κ2) is 5.40. The fourth-order valence-corrected chi connectivity index (χ4v) is 1.49. The van der Waals surface area contributed by atoms with Crippen molar-refractivity contribution in [3.05, 3.63) is 24.3 Å². The number of nitrogens with zero attached hydrogens (tertiary/aromatic N) is 4. The molecular weight excluding hydrogens is 256 g/mol. The quantitative estimate of drug-likeness (QED) is 0.635. The zero-order chi connectivity index (χ0) is 14.8. The van der Waals surface area contributed by atoms with Crippen LogP contribution in [0.5, 0.6) is 5.75 Å². The molecule has 20 heavy (non-hydrogen) atoms. The van der Waals surface area contributed by atoms with Gasteiger partial charge in [-0.3, -0.25) is 4.79 Å². The van der Waals surface area contributed by atoms with Crippen LogP contribution in [0, 0.1) is 0 Å². The first kappa shape index (κ1) is 14.2. The molecule has 0 aliphatic carbocycles. The molecule has 0 atom stereocenters. The summed E-state index contributed by atoms with van der Waals surface area (Å²) in [5.41, 5.74) is 0.624. The molecule has 0 unspecified atom stereocenters. The largest absolute Gasteiger partial charge is 0.427 e. The summed E-state index contributed by atoms with van der Waals surface area (Å²) in [6.45, 7) is 7.77. The van der Waals surface area contributed by atoms with Gasteiger partial charge in [-0.05, 0) is 50.3 Å². The van der Waals surface area contributed by atoms with Gasteiger partial charge in [-0.2, -0.15) is 4.80 Å². The molecule has 0 bridgehead atoms. The molecule has 0 aliphatic heterocycles. The first-order valence-corrected chi connectivity index (χ1v) is 6.52. The first-order chi connectivity index (χ1) is 9.40. The van der Waals surface area contributed by atoms with Crippen LogP contribution in [0.2, 0.25) is 0 Å². The summed E-state index contributed by atoms with van der Waals surface area (Å²) >= 11 is 0. The first-order valence-electron chi connectivity index (χ1n) is 6.52. The number of tetrazole rings is 1. The fourth-order valence-electron chi connectivity index (χ4n) is 1.49. The minimum atomic E-state index is -0.255. The average molecular weight is 274 g/mol. The Hall–Kier alpha value is -2.24. The summed E-state index contributed by atoms with van der Waals surface area (Å²) in [6, 6.07) is 7.06. The number of hydrogen-bond acceptors (Lipinski definition) is 5. The predicted molar refractivity (Wildman–Crippen MR) is 74.2 cm³/mol. The van der Waals surface area contributed by atoms with Gasteiger partial charge in [0.15, 0.2) is 0 Å². The third-order valence-corrected chi connectivity index (χ3v) is 2.65. The van der Waals surface area contributed by atoms with E-state index in [1.807, 2.05) is 32.9 Å². The van der Waals surface area contributed by atoms with Crippen molar-refractivity contribution in [1.82, 2.24) is 20.2 Å². The average Bonchev–Trinajstić information content (AvgIpc) is 2.89. The van der Waals surface area contributed by atoms with Crippen LogP contribution in [0.15, 0.2) is 24.3 Å². The van der Waals surface area contributed by atoms with E-state index in [-0.39, 0.29) is 11.5 Å². The van der Waals surface area contributed by atoms with Crippen LogP contribution in [-0.2, 0) is 10.3 Å². The van der Waals surface area contributed by atoms with Crippen molar-refractivity contribution in [2.24, 2.45) is 0 Å². The summed E-state index contributed by atoms with van der Waals surface area (Å²) < 4.78 is 5.11. The molecule has 106 valence electrons. The van der Waals surface area contributed by atoms with Gasteiger partial charge in [-0.15, -0.1) is 10.2 Å². The predicted octanol–water partition coefficient (Wildman–Crippen LogP) is 2.41. The SMILES string of the molecule is CCC(=O)Oc1ccc(-c2nnn(C(C)(C)C)n2)cc1. The number of hydrogen-bond donors (Lipinski definition) is 0. The monoisotopic (exact) mass is 274 g/mol. The zero-order valence-electron chi connectivity index (χ0n) is 12.1. The number of ether oxygens (including phenoxy) is 1. The molecule has 2 aromatic rings. The Morgan fingerprint density at radius 2 is 1.90 bits per heavy atom. The van der Waals surface area contributed by atoms with Crippen LogP contribution in [0.25, 0.3) is 11.4 Å². The fraction of sp³-hybridized carbons (Fsp3) is 0.429. The highest BCUT2D eigenvalue weighted by atomic mass is 16.5. The molecule has 0 amide bonds. The lowest BCUT2D eigenvalue weighted by molar-refractivity contribution is -0.134. The highest BCUT2D eigenvalue weighted by Crippen LogP contribution is 2.20. The van der Waals surface area contributed by atoms with E-state index in [4.69, 9.17) is 4.74 Å². The van der Waals surface area contributed by atoms with Crippen molar-refractivity contribution < 1.29 is 9.53 Å². The summed E-state index contributed by atoms with van der Waals surface area (Å²) in [6.07, 6.45) is 0.350. The molecule has 1 aromatic carbocycles. The van der Waals surface area contributed by atoms with Crippen LogP contribution < -0.4 is 4.74 Å². The van der Waals surface area contributed by atoms with Crippen molar-refractivity contribution in [2.75, 3.05) is 0 Å². The lowest BCUT2D eigenvalue weighted by atomic mass is 10.1. The minimum absolute atomic E-state index is 0.207. The molecule has 1 heterocycles. The van der Waals surface area contributed by atoms with E-state index in [1.54, 1.807) is 23.9 Å². The Morgan fingerprint density at radius 1 is 1.25 bits per heavy atom. The number of rotatable bonds is 3. The standard InChI is InChI=1S/C14H18N4O2/c1-5-12(19)20-11-8-6-10(7-9-11)13-15-17-18(16-13)14(2,3)4/h6-9H,5H2,1-4H3. The van der Waals surface area contributed by atoms with E-state index in [0.29, 0.717) is 18.0 Å². The van der Waals surface area contributed by atoms with Gasteiger partial charge in [-0.1, -0.05) is 6.92 Å². The van der Waals surface area contributed by atoms with Gasteiger partial charge >= 0.3 is 5.97 Å². The van der Waals surface area contributed by atoms with E-state index in [1.165, 1.54) is 0 Å². The molecule has 1 aromatic heterocycles. The van der Waals surface area contributed by atoms with Crippen molar-refractivity contribution in [2.45, 2.75) is 39.7 Å². The van der Waals surface area contributed by atoms with Gasteiger partial charge in [0.25, 0.3) is 0 Å². The molecule has 0 aliphatic rings. The van der Waals surface area contributed by atoms with Gasteiger partial charge in [0, 0.05) is 12.0 Å². The van der Waals surface area contributed by atoms with Gasteiger partial charge in [0.1, 0.15) is 5.75 Å². The number of benzene rings is 1. The van der Waals surface area contributed by atoms with E-state index < -0.39 is 0 Å². The topological polar surface area (TPSA) is 69.9 Å². The molecule has 0 saturated carbocycles. The lowest BCUT2D eigenvalue weighted by Crippen LogP contribution is -2.24. The third kappa shape index (κ3) is 3.20. The van der Waals surface area contributed by atoms with Gasteiger partial charge in [0.2, 0.25) is 5.82 Å². The zero-order valence-corrected chi connectivity index (χ0v) is 12.1. The van der Waals surface area contributed by atoms with Gasteiger partial charge in [0.05, 0.1) is 5.54 Å². The molecule has 0 saturated heterocycles. The van der Waals surface area contributed by atoms with Crippen LogP contribution >= 0.6 is 0 Å². The molecule has 0 fully saturated rings. The Bertz CT molecular complexity index is 596. The highest BCUT2D eigenvalue weighted by molar-refractivity contribution is 5.72. The molecular formula is C14H18N4O2. The Balaban J connectivity index is 2.18. The van der Waals surface area contributed by atoms with E-state index in [2.05, 4.69) is 15.4 Å². The second-order valence-corrected chi connectivity index (χ2v) is 5.43. The summed E-state index contributed by atoms with van der Waals surface area (Å²) in [7, 11) is 0. The van der Waals surface area contributed by atoms with Crippen molar-refractivity contribution in [3.63, 3.8) is 0 Å². The Labute approximate surface area is 117 Å². The molecule has 6 heteroatoms. The normalized spacial score (nSPS) is 11.4. The smallest absolute Gasteiger partial charge is 0.310 e. The molecule has 6 nitrogen and oxygen atoms in total. The Morgan fingerprint density at radius 3 is 2.40 bits per heavy atom. The van der Waals surface area contributed by atoms with Crippen molar-refractivity contribution in [1.29, 1.82) is 0 Å². The van der Waals surface area contributed by atoms with Crippen molar-refractivity contribution >= 4 is 5.97 Å². The third-order valence-electron chi connectivity index (χ3n) is 2.65. The maximum absolute atomic E-state index is 11.2. The number of esters is 1. The van der Waals surface area contributed by atoms with Crippen LogP contribution in [-0.4, -0.2) is 26.2 Å². The van der Waals surface area contributed by atoms with Crippen LogP contribution in [0.1, 0.15) is 34.1 Å². The minimum Gasteiger partial charge on any atom is -0.427 e. The molecule has 0 radical (unpaired) electrons. The highest BCUT2D eigenvalue weighted by Gasteiger charge is 2.17. The summed E-state index contributed by atoms with van der Waals surface area (Å²) in [5, 5.41) is 12.4. The van der Waals surface area contributed by atoms with Crippen LogP contribution in [0.4, 0.5) is 0 Å².